The summed E-state index contributed by atoms with van der Waals surface area (Å²) in [5.74, 6) is 0. The van der Waals surface area contributed by atoms with Gasteiger partial charge in [0.15, 0.2) is 0 Å². The van der Waals surface area contributed by atoms with Crippen LogP contribution >= 0.6 is 0 Å². The van der Waals surface area contributed by atoms with Crippen molar-refractivity contribution in [3.05, 3.63) is 22.2 Å². The Labute approximate surface area is 71.8 Å². The Morgan fingerprint density at radius 3 is 1.73 bits per heavy atom. The van der Waals surface area contributed by atoms with Crippen LogP contribution in [0.1, 0.15) is 41.0 Å². The first-order valence-corrected chi connectivity index (χ1v) is 4.31. The largest absolute Gasteiger partial charge is 0.134 e. The van der Waals surface area contributed by atoms with Crippen LogP contribution in [0.25, 0.3) is 0 Å². The summed E-state index contributed by atoms with van der Waals surface area (Å²) in [5.41, 5.74) is 5.84. The maximum Gasteiger partial charge on any atom is 0.134 e. The van der Waals surface area contributed by atoms with Crippen molar-refractivity contribution in [2.24, 2.45) is 0 Å². The van der Waals surface area contributed by atoms with Crippen molar-refractivity contribution >= 4 is 7.85 Å². The third-order valence-corrected chi connectivity index (χ3v) is 2.48. The molecule has 0 bridgehead atoms. The van der Waals surface area contributed by atoms with Crippen molar-refractivity contribution in [1.29, 1.82) is 0 Å². The minimum Gasteiger partial charge on any atom is -0.107 e. The van der Waals surface area contributed by atoms with Crippen LogP contribution < -0.4 is 0 Å². The van der Waals surface area contributed by atoms with Gasteiger partial charge in [0, 0.05) is 0 Å². The summed E-state index contributed by atoms with van der Waals surface area (Å²) in [6.07, 6.45) is 1.16. The highest BCUT2D eigenvalue weighted by atomic mass is 14.0. The number of hydrogen-bond acceptors (Lipinski definition) is 0. The van der Waals surface area contributed by atoms with E-state index in [0.717, 1.165) is 6.42 Å². The van der Waals surface area contributed by atoms with E-state index in [1.165, 1.54) is 22.2 Å². The molecular weight excluding hydrogens is 131 g/mol. The highest BCUT2D eigenvalue weighted by molar-refractivity contribution is 6.22. The fourth-order valence-electron chi connectivity index (χ4n) is 0.960. The first kappa shape index (κ1) is 10.5. The molecule has 0 fully saturated rings. The smallest absolute Gasteiger partial charge is 0.107 e. The second-order valence-corrected chi connectivity index (χ2v) is 3.38. The summed E-state index contributed by atoms with van der Waals surface area (Å²) in [6, 6.07) is 0. The van der Waals surface area contributed by atoms with Crippen molar-refractivity contribution in [3.63, 3.8) is 0 Å². The average Bonchev–Trinajstić information content (AvgIpc) is 2.00. The summed E-state index contributed by atoms with van der Waals surface area (Å²) in [6.45, 7) is 11.0. The van der Waals surface area contributed by atoms with Gasteiger partial charge in [0.25, 0.3) is 0 Å². The lowest BCUT2D eigenvalue weighted by molar-refractivity contribution is 1.13. The molecule has 0 aliphatic carbocycles. The minimum atomic E-state index is 1.16. The van der Waals surface area contributed by atoms with Crippen LogP contribution in [0.2, 0.25) is 0 Å². The Bertz CT molecular complexity index is 193. The summed E-state index contributed by atoms with van der Waals surface area (Å²) >= 11 is 0. The van der Waals surface area contributed by atoms with Crippen molar-refractivity contribution in [2.45, 2.75) is 41.0 Å². The van der Waals surface area contributed by atoms with E-state index in [1.54, 1.807) is 0 Å². The van der Waals surface area contributed by atoms with Gasteiger partial charge in [0.05, 0.1) is 0 Å². The van der Waals surface area contributed by atoms with Crippen LogP contribution in [0.15, 0.2) is 22.2 Å². The number of rotatable bonds is 2. The molecule has 62 valence electrons. The molecule has 0 aromatic carbocycles. The fourth-order valence-corrected chi connectivity index (χ4v) is 0.960. The Balaban J connectivity index is 4.75. The zero-order valence-electron chi connectivity index (χ0n) is 8.71. The van der Waals surface area contributed by atoms with E-state index >= 15 is 0 Å². The van der Waals surface area contributed by atoms with E-state index in [4.69, 9.17) is 0 Å². The topological polar surface area (TPSA) is 0 Å². The summed E-state index contributed by atoms with van der Waals surface area (Å²) in [5, 5.41) is 0. The van der Waals surface area contributed by atoms with E-state index in [-0.39, 0.29) is 0 Å². The van der Waals surface area contributed by atoms with Crippen molar-refractivity contribution in [3.8, 4) is 0 Å². The Morgan fingerprint density at radius 2 is 1.45 bits per heavy atom. The molecular formula is C10H19B. The lowest BCUT2D eigenvalue weighted by Crippen LogP contribution is -1.90. The molecule has 0 saturated carbocycles. The van der Waals surface area contributed by atoms with Crippen LogP contribution in [-0.2, 0) is 0 Å². The van der Waals surface area contributed by atoms with E-state index in [2.05, 4.69) is 42.5 Å². The predicted octanol–water partition coefficient (Wildman–Crippen LogP) is 2.66. The van der Waals surface area contributed by atoms with Crippen molar-refractivity contribution in [1.82, 2.24) is 0 Å². The molecule has 0 N–H and O–H groups in total. The zero-order chi connectivity index (χ0) is 9.02. The molecule has 11 heavy (non-hydrogen) atoms. The summed E-state index contributed by atoms with van der Waals surface area (Å²) in [7, 11) is 2.21. The van der Waals surface area contributed by atoms with E-state index in [9.17, 15) is 0 Å². The third-order valence-electron chi connectivity index (χ3n) is 2.48. The van der Waals surface area contributed by atoms with Crippen molar-refractivity contribution in [2.75, 3.05) is 0 Å². The highest BCUT2D eigenvalue weighted by Crippen LogP contribution is 2.17. The van der Waals surface area contributed by atoms with Crippen molar-refractivity contribution < 1.29 is 0 Å². The first-order valence-electron chi connectivity index (χ1n) is 4.31. The zero-order valence-corrected chi connectivity index (χ0v) is 8.71. The molecule has 0 radical (unpaired) electrons. The molecule has 0 amide bonds. The Morgan fingerprint density at radius 1 is 1.00 bits per heavy atom. The maximum atomic E-state index is 2.21. The summed E-state index contributed by atoms with van der Waals surface area (Å²) in [4.78, 5) is 0. The fraction of sp³-hybridized carbons (Fsp3) is 0.600. The van der Waals surface area contributed by atoms with E-state index in [1.807, 2.05) is 0 Å². The molecule has 0 unspecified atom stereocenters. The monoisotopic (exact) mass is 150 g/mol. The molecule has 0 spiro atoms. The molecule has 0 atom stereocenters. The number of allylic oxidation sites excluding steroid dienone is 4. The van der Waals surface area contributed by atoms with Crippen LogP contribution in [0.5, 0.6) is 0 Å². The van der Waals surface area contributed by atoms with E-state index < -0.39 is 0 Å². The minimum absolute atomic E-state index is 1.16. The van der Waals surface area contributed by atoms with Gasteiger partial charge < -0.3 is 0 Å². The SMILES string of the molecule is B/C(CC)=C(\C)C(C)=C(C)C. The van der Waals surface area contributed by atoms with Gasteiger partial charge in [-0.2, -0.15) is 0 Å². The molecule has 0 rings (SSSR count). The molecule has 0 aromatic heterocycles. The number of hydrogen-bond donors (Lipinski definition) is 0. The van der Waals surface area contributed by atoms with Crippen LogP contribution in [0.3, 0.4) is 0 Å². The predicted molar refractivity (Wildman–Crippen MR) is 55.6 cm³/mol. The van der Waals surface area contributed by atoms with Crippen LogP contribution in [0.4, 0.5) is 0 Å². The maximum absolute atomic E-state index is 2.21. The van der Waals surface area contributed by atoms with Crippen LogP contribution in [0, 0.1) is 0 Å². The third kappa shape index (κ3) is 2.96. The quantitative estimate of drug-likeness (QED) is 0.419. The average molecular weight is 150 g/mol. The van der Waals surface area contributed by atoms with Gasteiger partial charge in [-0.3, -0.25) is 0 Å². The molecule has 1 heteroatoms. The van der Waals surface area contributed by atoms with E-state index in [0.29, 0.717) is 0 Å². The standard InChI is InChI=1S/C10H19B/c1-6-10(11)9(5)8(4)7(2)3/h6,11H2,1-5H3/b10-9+. The lowest BCUT2D eigenvalue weighted by Gasteiger charge is -2.08. The van der Waals surface area contributed by atoms with Gasteiger partial charge in [-0.25, -0.2) is 0 Å². The second-order valence-electron chi connectivity index (χ2n) is 3.38. The summed E-state index contributed by atoms with van der Waals surface area (Å²) < 4.78 is 0. The molecule has 0 aliphatic heterocycles. The van der Waals surface area contributed by atoms with Gasteiger partial charge in [-0.15, -0.1) is 5.47 Å². The second kappa shape index (κ2) is 4.43. The molecule has 0 nitrogen and oxygen atoms in total. The van der Waals surface area contributed by atoms with Gasteiger partial charge in [0.1, 0.15) is 7.85 Å². The molecule has 0 saturated heterocycles. The van der Waals surface area contributed by atoms with Gasteiger partial charge in [-0.1, -0.05) is 23.6 Å². The van der Waals surface area contributed by atoms with Gasteiger partial charge in [0.2, 0.25) is 0 Å². The Kier molecular flexibility index (Phi) is 4.25. The van der Waals surface area contributed by atoms with Gasteiger partial charge in [-0.05, 0) is 34.1 Å². The van der Waals surface area contributed by atoms with Gasteiger partial charge >= 0.3 is 0 Å². The lowest BCUT2D eigenvalue weighted by atomic mass is 9.85. The molecule has 0 aliphatic rings. The molecule has 0 aromatic rings. The normalized spacial score (nSPS) is 12.5. The molecule has 0 heterocycles. The first-order chi connectivity index (χ1) is 5.00. The van der Waals surface area contributed by atoms with Crippen LogP contribution in [-0.4, -0.2) is 7.85 Å². The Hall–Kier alpha value is -0.455. The highest BCUT2D eigenvalue weighted by Gasteiger charge is 1.98.